The molecule has 0 aromatic rings. The highest BCUT2D eigenvalue weighted by Gasteiger charge is 1.97. The Bertz CT molecular complexity index is 448. The Morgan fingerprint density at radius 1 is 1.38 bits per heavy atom. The van der Waals surface area contributed by atoms with Crippen molar-refractivity contribution >= 4 is 5.78 Å². The maximum atomic E-state index is 10.7. The fraction of sp³-hybridized carbons (Fsp3) is 0.133. The quantitative estimate of drug-likeness (QED) is 0.397. The van der Waals surface area contributed by atoms with Crippen LogP contribution in [-0.2, 0) is 4.79 Å². The zero-order chi connectivity index (χ0) is 11.8. The number of ketones is 1. The molecule has 0 heterocycles. The molecule has 0 radical (unpaired) electrons. The number of hydrogen-bond donors (Lipinski definition) is 0. The molecule has 0 saturated heterocycles. The molecule has 0 unspecified atom stereocenters. The number of allylic oxidation sites excluding steroid dienone is 10. The normalized spacial score (nSPS) is 15.8. The molecule has 0 aromatic carbocycles. The summed E-state index contributed by atoms with van der Waals surface area (Å²) in [6.45, 7) is 1.52. The maximum Gasteiger partial charge on any atom is 0.152 e. The minimum absolute atomic E-state index is 0.0450. The van der Waals surface area contributed by atoms with Crippen LogP contribution in [0.4, 0.5) is 0 Å². The lowest BCUT2D eigenvalue weighted by Gasteiger charge is -1.98. The summed E-state index contributed by atoms with van der Waals surface area (Å²) in [6.07, 6.45) is 21.0. The third-order valence-electron chi connectivity index (χ3n) is 2.05. The summed E-state index contributed by atoms with van der Waals surface area (Å²) in [7, 11) is 0. The van der Waals surface area contributed by atoms with E-state index in [9.17, 15) is 4.79 Å². The van der Waals surface area contributed by atoms with E-state index in [1.165, 1.54) is 13.0 Å². The van der Waals surface area contributed by atoms with Gasteiger partial charge >= 0.3 is 0 Å². The molecular weight excluding hydrogens is 196 g/mol. The van der Waals surface area contributed by atoms with Crippen LogP contribution in [0.15, 0.2) is 59.8 Å². The average Bonchev–Trinajstić information content (AvgIpc) is 2.49. The van der Waals surface area contributed by atoms with Gasteiger partial charge in [-0.2, -0.15) is 0 Å². The summed E-state index contributed by atoms with van der Waals surface area (Å²) in [4.78, 5) is 10.7. The Morgan fingerprint density at radius 3 is 2.81 bits per heavy atom. The van der Waals surface area contributed by atoms with Crippen LogP contribution in [-0.4, -0.2) is 5.78 Å². The van der Waals surface area contributed by atoms with E-state index >= 15 is 0 Å². The summed E-state index contributed by atoms with van der Waals surface area (Å²) in [6, 6.07) is 0. The first-order valence-electron chi connectivity index (χ1n) is 5.10. The fourth-order valence-electron chi connectivity index (χ4n) is 1.27. The Hall–Kier alpha value is -2.07. The molecule has 0 amide bonds. The molecule has 0 bridgehead atoms. The van der Waals surface area contributed by atoms with Gasteiger partial charge in [0, 0.05) is 12.0 Å². The zero-order valence-corrected chi connectivity index (χ0v) is 9.31. The summed E-state index contributed by atoms with van der Waals surface area (Å²) in [5.74, 6) is 2.69. The van der Waals surface area contributed by atoms with Crippen LogP contribution in [0, 0.1) is 12.3 Å². The molecule has 1 aliphatic rings. The van der Waals surface area contributed by atoms with Gasteiger partial charge in [-0.15, -0.1) is 6.42 Å². The van der Waals surface area contributed by atoms with Gasteiger partial charge in [-0.3, -0.25) is 4.79 Å². The highest BCUT2D eigenvalue weighted by molar-refractivity contribution is 5.87. The minimum Gasteiger partial charge on any atom is -0.295 e. The monoisotopic (exact) mass is 210 g/mol. The van der Waals surface area contributed by atoms with Gasteiger partial charge < -0.3 is 0 Å². The number of carbonyl (C=O) groups excluding carboxylic acids is 1. The second-order valence-corrected chi connectivity index (χ2v) is 3.47. The van der Waals surface area contributed by atoms with Crippen molar-refractivity contribution < 1.29 is 4.79 Å². The van der Waals surface area contributed by atoms with Gasteiger partial charge in [0.2, 0.25) is 0 Å². The molecule has 0 N–H and O–H groups in total. The van der Waals surface area contributed by atoms with Gasteiger partial charge in [-0.25, -0.2) is 0 Å². The topological polar surface area (TPSA) is 17.1 Å². The maximum absolute atomic E-state index is 10.7. The molecule has 1 aliphatic carbocycles. The van der Waals surface area contributed by atoms with Crippen LogP contribution in [0.2, 0.25) is 0 Å². The standard InChI is InChI=1S/C15H14O/c1-3-14-9-6-7-11-15(12-14)10-5-4-8-13(2)16/h1,4-11H,12H2,2H3/b8-4+,10-5+. The predicted molar refractivity (Wildman–Crippen MR) is 67.7 cm³/mol. The largest absolute Gasteiger partial charge is 0.295 e. The van der Waals surface area contributed by atoms with E-state index < -0.39 is 0 Å². The molecule has 16 heavy (non-hydrogen) atoms. The number of terminal acetylenes is 1. The van der Waals surface area contributed by atoms with Crippen molar-refractivity contribution in [1.29, 1.82) is 0 Å². The average molecular weight is 210 g/mol. The van der Waals surface area contributed by atoms with Crippen LogP contribution in [0.5, 0.6) is 0 Å². The first-order valence-corrected chi connectivity index (χ1v) is 5.10. The Kier molecular flexibility index (Phi) is 4.82. The summed E-state index contributed by atoms with van der Waals surface area (Å²) < 4.78 is 0. The fourth-order valence-corrected chi connectivity index (χ4v) is 1.27. The third-order valence-corrected chi connectivity index (χ3v) is 2.05. The molecule has 0 aliphatic heterocycles. The van der Waals surface area contributed by atoms with Gasteiger partial charge in [0.15, 0.2) is 5.78 Å². The summed E-state index contributed by atoms with van der Waals surface area (Å²) in [5, 5.41) is 0. The summed E-state index contributed by atoms with van der Waals surface area (Å²) >= 11 is 0. The number of hydrogen-bond acceptors (Lipinski definition) is 1. The lowest BCUT2D eigenvalue weighted by atomic mass is 10.1. The lowest BCUT2D eigenvalue weighted by molar-refractivity contribution is -0.112. The van der Waals surface area contributed by atoms with Crippen LogP contribution < -0.4 is 0 Å². The van der Waals surface area contributed by atoms with E-state index in [1.807, 2.05) is 36.5 Å². The van der Waals surface area contributed by atoms with Crippen LogP contribution >= 0.6 is 0 Å². The highest BCUT2D eigenvalue weighted by atomic mass is 16.1. The van der Waals surface area contributed by atoms with Crippen LogP contribution in [0.1, 0.15) is 13.3 Å². The predicted octanol–water partition coefficient (Wildman–Crippen LogP) is 3.13. The molecule has 1 heteroatoms. The minimum atomic E-state index is 0.0450. The van der Waals surface area contributed by atoms with Crippen molar-refractivity contribution in [2.45, 2.75) is 13.3 Å². The molecule has 80 valence electrons. The Balaban J connectivity index is 2.66. The van der Waals surface area contributed by atoms with E-state index in [0.29, 0.717) is 0 Å². The first kappa shape index (κ1) is 12.0. The van der Waals surface area contributed by atoms with Crippen molar-refractivity contribution in [3.05, 3.63) is 59.8 Å². The first-order chi connectivity index (χ1) is 7.72. The van der Waals surface area contributed by atoms with Crippen LogP contribution in [0.3, 0.4) is 0 Å². The molecule has 0 saturated carbocycles. The van der Waals surface area contributed by atoms with Gasteiger partial charge in [-0.1, -0.05) is 48.5 Å². The van der Waals surface area contributed by atoms with Crippen molar-refractivity contribution in [2.24, 2.45) is 0 Å². The number of carbonyl (C=O) groups is 1. The second kappa shape index (κ2) is 6.42. The van der Waals surface area contributed by atoms with Gasteiger partial charge in [0.1, 0.15) is 0 Å². The molecular formula is C15H14O. The van der Waals surface area contributed by atoms with Crippen LogP contribution in [0.25, 0.3) is 0 Å². The second-order valence-electron chi connectivity index (χ2n) is 3.47. The smallest absolute Gasteiger partial charge is 0.152 e. The summed E-state index contributed by atoms with van der Waals surface area (Å²) in [5.41, 5.74) is 2.09. The zero-order valence-electron chi connectivity index (χ0n) is 9.31. The highest BCUT2D eigenvalue weighted by Crippen LogP contribution is 2.15. The van der Waals surface area contributed by atoms with Crippen molar-refractivity contribution in [3.63, 3.8) is 0 Å². The Labute approximate surface area is 96.6 Å². The van der Waals surface area contributed by atoms with E-state index in [1.54, 1.807) is 6.08 Å². The lowest BCUT2D eigenvalue weighted by Crippen LogP contribution is -1.81. The Morgan fingerprint density at radius 2 is 2.12 bits per heavy atom. The van der Waals surface area contributed by atoms with Gasteiger partial charge in [-0.05, 0) is 18.6 Å². The SMILES string of the molecule is C#CC1=CC=CC=C(/C=C/C=C/C(C)=O)C1. The van der Waals surface area contributed by atoms with Crippen molar-refractivity contribution in [3.8, 4) is 12.3 Å². The molecule has 1 nitrogen and oxygen atoms in total. The molecule has 0 spiro atoms. The van der Waals surface area contributed by atoms with Crippen molar-refractivity contribution in [1.82, 2.24) is 0 Å². The van der Waals surface area contributed by atoms with Gasteiger partial charge in [0.05, 0.1) is 0 Å². The molecule has 0 fully saturated rings. The molecule has 0 atom stereocenters. The van der Waals surface area contributed by atoms with Crippen molar-refractivity contribution in [2.75, 3.05) is 0 Å². The molecule has 1 rings (SSSR count). The van der Waals surface area contributed by atoms with Gasteiger partial charge in [0.25, 0.3) is 0 Å². The third kappa shape index (κ3) is 4.43. The van der Waals surface area contributed by atoms with E-state index in [-0.39, 0.29) is 5.78 Å². The number of rotatable bonds is 3. The van der Waals surface area contributed by atoms with E-state index in [2.05, 4.69) is 5.92 Å². The van der Waals surface area contributed by atoms with E-state index in [4.69, 9.17) is 6.42 Å². The van der Waals surface area contributed by atoms with E-state index in [0.717, 1.165) is 17.6 Å². The molecule has 0 aromatic heterocycles.